The number of nitriles is 1. The standard InChI is InChI=1S/C21H24N4O3/c1-15-6-8-18(9-7-15)25(13-5-12-22)20(26)14-28-21(27)11-10-19-16(2)23-24(4)17(19)3/h6-11H,5,13-14H2,1-4H3/b11-10+. The first-order chi connectivity index (χ1) is 13.3. The van der Waals surface area contributed by atoms with Crippen LogP contribution in [0, 0.1) is 32.1 Å². The molecule has 2 rings (SSSR count). The lowest BCUT2D eigenvalue weighted by atomic mass is 10.2. The first kappa shape index (κ1) is 20.9. The van der Waals surface area contributed by atoms with E-state index in [1.165, 1.54) is 11.0 Å². The molecule has 0 spiro atoms. The van der Waals surface area contributed by atoms with Gasteiger partial charge in [0.2, 0.25) is 0 Å². The van der Waals surface area contributed by atoms with Crippen molar-refractivity contribution in [3.05, 3.63) is 52.9 Å². The average molecular weight is 380 g/mol. The molecule has 0 atom stereocenters. The molecule has 0 aliphatic carbocycles. The molecule has 1 amide bonds. The summed E-state index contributed by atoms with van der Waals surface area (Å²) in [6.45, 7) is 5.55. The van der Waals surface area contributed by atoms with E-state index >= 15 is 0 Å². The number of amides is 1. The highest BCUT2D eigenvalue weighted by atomic mass is 16.5. The van der Waals surface area contributed by atoms with Gasteiger partial charge in [-0.15, -0.1) is 0 Å². The number of benzene rings is 1. The van der Waals surface area contributed by atoms with E-state index in [2.05, 4.69) is 5.10 Å². The van der Waals surface area contributed by atoms with Crippen LogP contribution >= 0.6 is 0 Å². The Kier molecular flexibility index (Phi) is 7.10. The van der Waals surface area contributed by atoms with Crippen molar-refractivity contribution < 1.29 is 14.3 Å². The summed E-state index contributed by atoms with van der Waals surface area (Å²) in [5.41, 5.74) is 4.32. The molecule has 146 valence electrons. The first-order valence-corrected chi connectivity index (χ1v) is 8.92. The van der Waals surface area contributed by atoms with Crippen LogP contribution in [0.1, 0.15) is 28.9 Å². The van der Waals surface area contributed by atoms with E-state index in [-0.39, 0.29) is 18.9 Å². The largest absolute Gasteiger partial charge is 0.452 e. The second kappa shape index (κ2) is 9.51. The van der Waals surface area contributed by atoms with E-state index in [0.717, 1.165) is 22.5 Å². The molecule has 0 saturated carbocycles. The number of aryl methyl sites for hydroxylation is 3. The van der Waals surface area contributed by atoms with Gasteiger partial charge in [-0.3, -0.25) is 9.48 Å². The van der Waals surface area contributed by atoms with Crippen molar-refractivity contribution in [2.75, 3.05) is 18.1 Å². The summed E-state index contributed by atoms with van der Waals surface area (Å²) in [5, 5.41) is 13.1. The Labute approximate surface area is 164 Å². The Bertz CT molecular complexity index is 920. The van der Waals surface area contributed by atoms with E-state index < -0.39 is 12.6 Å². The molecular formula is C21H24N4O3. The van der Waals surface area contributed by atoms with Crippen LogP contribution < -0.4 is 4.90 Å². The van der Waals surface area contributed by atoms with Crippen LogP contribution in [0.25, 0.3) is 6.08 Å². The van der Waals surface area contributed by atoms with Crippen LogP contribution in [-0.2, 0) is 21.4 Å². The molecule has 0 aliphatic heterocycles. The first-order valence-electron chi connectivity index (χ1n) is 8.92. The molecule has 0 unspecified atom stereocenters. The van der Waals surface area contributed by atoms with Gasteiger partial charge in [0.1, 0.15) is 0 Å². The minimum atomic E-state index is -0.611. The molecule has 0 saturated heterocycles. The molecule has 0 aliphatic rings. The fourth-order valence-corrected chi connectivity index (χ4v) is 2.73. The van der Waals surface area contributed by atoms with Crippen LogP contribution in [0.4, 0.5) is 5.69 Å². The zero-order chi connectivity index (χ0) is 20.7. The minimum Gasteiger partial charge on any atom is -0.452 e. The number of anilines is 1. The number of hydrogen-bond acceptors (Lipinski definition) is 5. The fourth-order valence-electron chi connectivity index (χ4n) is 2.73. The number of carbonyl (C=O) groups excluding carboxylic acids is 2. The molecule has 1 aromatic carbocycles. The molecule has 1 heterocycles. The molecule has 0 bridgehead atoms. The van der Waals surface area contributed by atoms with Gasteiger partial charge in [-0.2, -0.15) is 10.4 Å². The van der Waals surface area contributed by atoms with Gasteiger partial charge in [0.15, 0.2) is 6.61 Å². The Balaban J connectivity index is 2.01. The maximum absolute atomic E-state index is 12.5. The molecule has 0 fully saturated rings. The Morgan fingerprint density at radius 2 is 1.93 bits per heavy atom. The number of rotatable bonds is 7. The highest BCUT2D eigenvalue weighted by Crippen LogP contribution is 2.16. The lowest BCUT2D eigenvalue weighted by molar-refractivity contribution is -0.142. The molecular weight excluding hydrogens is 356 g/mol. The average Bonchev–Trinajstić information content (AvgIpc) is 2.91. The van der Waals surface area contributed by atoms with Crippen molar-refractivity contribution in [2.45, 2.75) is 27.2 Å². The van der Waals surface area contributed by atoms with E-state index in [0.29, 0.717) is 5.69 Å². The SMILES string of the molecule is Cc1ccc(N(CCC#N)C(=O)COC(=O)/C=C/c2c(C)nn(C)c2C)cc1. The van der Waals surface area contributed by atoms with Crippen molar-refractivity contribution in [3.8, 4) is 6.07 Å². The number of nitrogens with zero attached hydrogens (tertiary/aromatic N) is 4. The van der Waals surface area contributed by atoms with E-state index in [9.17, 15) is 9.59 Å². The van der Waals surface area contributed by atoms with E-state index in [1.807, 2.05) is 46.0 Å². The van der Waals surface area contributed by atoms with Crippen molar-refractivity contribution >= 4 is 23.6 Å². The van der Waals surface area contributed by atoms with Crippen molar-refractivity contribution in [1.29, 1.82) is 5.26 Å². The van der Waals surface area contributed by atoms with Gasteiger partial charge < -0.3 is 9.64 Å². The van der Waals surface area contributed by atoms with Gasteiger partial charge in [0.05, 0.1) is 18.2 Å². The zero-order valence-corrected chi connectivity index (χ0v) is 16.6. The van der Waals surface area contributed by atoms with Gasteiger partial charge in [-0.1, -0.05) is 17.7 Å². The number of aromatic nitrogens is 2. The number of ether oxygens (including phenoxy) is 1. The molecule has 0 radical (unpaired) electrons. The summed E-state index contributed by atoms with van der Waals surface area (Å²) in [6, 6.07) is 9.41. The third kappa shape index (κ3) is 5.30. The summed E-state index contributed by atoms with van der Waals surface area (Å²) in [5.74, 6) is -0.991. The molecule has 7 nitrogen and oxygen atoms in total. The predicted octanol–water partition coefficient (Wildman–Crippen LogP) is 2.85. The summed E-state index contributed by atoms with van der Waals surface area (Å²) in [4.78, 5) is 26.0. The second-order valence-corrected chi connectivity index (χ2v) is 6.44. The monoisotopic (exact) mass is 380 g/mol. The third-order valence-corrected chi connectivity index (χ3v) is 4.38. The lowest BCUT2D eigenvalue weighted by Gasteiger charge is -2.21. The van der Waals surface area contributed by atoms with Gasteiger partial charge in [-0.05, 0) is 39.0 Å². The van der Waals surface area contributed by atoms with Crippen molar-refractivity contribution in [3.63, 3.8) is 0 Å². The zero-order valence-electron chi connectivity index (χ0n) is 16.6. The molecule has 2 aromatic rings. The maximum Gasteiger partial charge on any atom is 0.331 e. The molecule has 0 N–H and O–H groups in total. The van der Waals surface area contributed by atoms with Crippen molar-refractivity contribution in [2.24, 2.45) is 7.05 Å². The van der Waals surface area contributed by atoms with Crippen LogP contribution in [0.5, 0.6) is 0 Å². The smallest absolute Gasteiger partial charge is 0.331 e. The van der Waals surface area contributed by atoms with E-state index in [4.69, 9.17) is 10.00 Å². The second-order valence-electron chi connectivity index (χ2n) is 6.44. The topological polar surface area (TPSA) is 88.2 Å². The fraction of sp³-hybridized carbons (Fsp3) is 0.333. The Hall–Kier alpha value is -3.40. The van der Waals surface area contributed by atoms with E-state index in [1.54, 1.807) is 22.9 Å². The quantitative estimate of drug-likeness (QED) is 0.544. The van der Waals surface area contributed by atoms with Crippen LogP contribution in [0.15, 0.2) is 30.3 Å². The highest BCUT2D eigenvalue weighted by Gasteiger charge is 2.17. The number of carbonyl (C=O) groups is 2. The maximum atomic E-state index is 12.5. The van der Waals surface area contributed by atoms with Crippen LogP contribution in [0.3, 0.4) is 0 Å². The van der Waals surface area contributed by atoms with Crippen LogP contribution in [0.2, 0.25) is 0 Å². The van der Waals surface area contributed by atoms with Gasteiger partial charge in [0, 0.05) is 36.6 Å². The van der Waals surface area contributed by atoms with Crippen LogP contribution in [-0.4, -0.2) is 34.8 Å². The molecule has 28 heavy (non-hydrogen) atoms. The normalized spacial score (nSPS) is 10.7. The molecule has 1 aromatic heterocycles. The predicted molar refractivity (Wildman–Crippen MR) is 106 cm³/mol. The summed E-state index contributed by atoms with van der Waals surface area (Å²) < 4.78 is 6.83. The summed E-state index contributed by atoms with van der Waals surface area (Å²) in [7, 11) is 1.83. The number of esters is 1. The minimum absolute atomic E-state index is 0.188. The molecule has 7 heteroatoms. The highest BCUT2D eigenvalue weighted by molar-refractivity contribution is 5.96. The van der Waals surface area contributed by atoms with Gasteiger partial charge >= 0.3 is 5.97 Å². The Morgan fingerprint density at radius 1 is 1.25 bits per heavy atom. The summed E-state index contributed by atoms with van der Waals surface area (Å²) >= 11 is 0. The van der Waals surface area contributed by atoms with Gasteiger partial charge in [-0.25, -0.2) is 4.79 Å². The summed E-state index contributed by atoms with van der Waals surface area (Å²) in [6.07, 6.45) is 3.11. The van der Waals surface area contributed by atoms with Gasteiger partial charge in [0.25, 0.3) is 5.91 Å². The lowest BCUT2D eigenvalue weighted by Crippen LogP contribution is -2.35. The number of hydrogen-bond donors (Lipinski definition) is 0. The third-order valence-electron chi connectivity index (χ3n) is 4.38. The Morgan fingerprint density at radius 3 is 2.50 bits per heavy atom. The van der Waals surface area contributed by atoms with Crippen molar-refractivity contribution in [1.82, 2.24) is 9.78 Å².